The summed E-state index contributed by atoms with van der Waals surface area (Å²) in [4.78, 5) is 24.1. The molecule has 0 radical (unpaired) electrons. The third-order valence-electron chi connectivity index (χ3n) is 4.29. The maximum atomic E-state index is 12.2. The minimum atomic E-state index is -0.325. The highest BCUT2D eigenvalue weighted by Crippen LogP contribution is 2.23. The van der Waals surface area contributed by atoms with Crippen molar-refractivity contribution in [3.8, 4) is 11.3 Å². The molecule has 4 nitrogen and oxygen atoms in total. The van der Waals surface area contributed by atoms with E-state index < -0.39 is 0 Å². The smallest absolute Gasteiger partial charge is 0.338 e. The summed E-state index contributed by atoms with van der Waals surface area (Å²) in [6, 6.07) is 17.4. The number of carbonyl (C=O) groups is 2. The normalized spacial score (nSPS) is 11.0. The first kappa shape index (κ1) is 20.6. The van der Waals surface area contributed by atoms with Crippen molar-refractivity contribution in [1.29, 1.82) is 0 Å². The number of hydrogen-bond donors (Lipinski definition) is 0. The van der Waals surface area contributed by atoms with Gasteiger partial charge in [-0.1, -0.05) is 37.1 Å². The van der Waals surface area contributed by atoms with Crippen LogP contribution in [0.2, 0.25) is 5.02 Å². The first-order valence-corrected chi connectivity index (χ1v) is 9.80. The molecule has 0 bridgehead atoms. The van der Waals surface area contributed by atoms with Gasteiger partial charge in [0.15, 0.2) is 5.78 Å². The Bertz CT molecular complexity index is 998. The summed E-state index contributed by atoms with van der Waals surface area (Å²) in [7, 11) is 0. The third-order valence-corrected chi connectivity index (χ3v) is 4.54. The summed E-state index contributed by atoms with van der Waals surface area (Å²) in [6.45, 7) is 2.47. The van der Waals surface area contributed by atoms with E-state index in [9.17, 15) is 9.59 Å². The standard InChI is InChI=1S/C24H21ClO4/c1-2-3-16-28-24(27)19-6-4-18(5-7-19)23-15-13-21(29-23)12-14-22(26)17-8-10-20(25)11-9-17/h4-15H,2-3,16H2,1H3/b14-12+. The second-order valence-corrected chi connectivity index (χ2v) is 6.91. The lowest BCUT2D eigenvalue weighted by Crippen LogP contribution is -2.05. The van der Waals surface area contributed by atoms with Crippen LogP contribution in [0.25, 0.3) is 17.4 Å². The molecule has 0 saturated heterocycles. The highest BCUT2D eigenvalue weighted by Gasteiger charge is 2.09. The minimum absolute atomic E-state index is 0.134. The van der Waals surface area contributed by atoms with Crippen LogP contribution in [0.1, 0.15) is 46.2 Å². The van der Waals surface area contributed by atoms with Crippen molar-refractivity contribution in [2.24, 2.45) is 0 Å². The highest BCUT2D eigenvalue weighted by atomic mass is 35.5. The van der Waals surface area contributed by atoms with Crippen molar-refractivity contribution in [2.75, 3.05) is 6.61 Å². The van der Waals surface area contributed by atoms with Crippen LogP contribution in [-0.4, -0.2) is 18.4 Å². The summed E-state index contributed by atoms with van der Waals surface area (Å²) in [5.74, 6) is 0.749. The van der Waals surface area contributed by atoms with Gasteiger partial charge in [-0.05, 0) is 67.1 Å². The molecule has 0 aliphatic heterocycles. The molecule has 1 heterocycles. The number of carbonyl (C=O) groups excluding carboxylic acids is 2. The van der Waals surface area contributed by atoms with E-state index in [1.165, 1.54) is 6.08 Å². The van der Waals surface area contributed by atoms with Gasteiger partial charge in [-0.25, -0.2) is 4.79 Å². The van der Waals surface area contributed by atoms with E-state index in [4.69, 9.17) is 20.8 Å². The zero-order valence-electron chi connectivity index (χ0n) is 16.1. The Kier molecular flexibility index (Phi) is 7.04. The number of esters is 1. The summed E-state index contributed by atoms with van der Waals surface area (Å²) in [5.41, 5.74) is 1.89. The average molecular weight is 409 g/mol. The molecule has 1 aromatic heterocycles. The maximum absolute atomic E-state index is 12.2. The number of furan rings is 1. The van der Waals surface area contributed by atoms with Gasteiger partial charge in [0.1, 0.15) is 11.5 Å². The molecule has 3 aromatic rings. The van der Waals surface area contributed by atoms with Crippen molar-refractivity contribution >= 4 is 29.4 Å². The monoisotopic (exact) mass is 408 g/mol. The number of ketones is 1. The number of halogens is 1. The Balaban J connectivity index is 1.64. The van der Waals surface area contributed by atoms with Gasteiger partial charge in [0.2, 0.25) is 0 Å². The lowest BCUT2D eigenvalue weighted by Gasteiger charge is -2.04. The summed E-state index contributed by atoms with van der Waals surface area (Å²) >= 11 is 5.84. The summed E-state index contributed by atoms with van der Waals surface area (Å²) < 4.78 is 11.0. The van der Waals surface area contributed by atoms with E-state index in [1.807, 2.05) is 25.1 Å². The van der Waals surface area contributed by atoms with Crippen LogP contribution in [0.4, 0.5) is 0 Å². The molecular formula is C24H21ClO4. The van der Waals surface area contributed by atoms with Crippen LogP contribution < -0.4 is 0 Å². The Labute approximate surface area is 174 Å². The van der Waals surface area contributed by atoms with E-state index in [-0.39, 0.29) is 11.8 Å². The number of ether oxygens (including phenoxy) is 1. The van der Waals surface area contributed by atoms with Gasteiger partial charge < -0.3 is 9.15 Å². The van der Waals surface area contributed by atoms with Crippen molar-refractivity contribution < 1.29 is 18.7 Å². The molecular weight excluding hydrogens is 388 g/mol. The number of benzene rings is 2. The SMILES string of the molecule is CCCCOC(=O)c1ccc(-c2ccc(/C=C/C(=O)c3ccc(Cl)cc3)o2)cc1. The summed E-state index contributed by atoms with van der Waals surface area (Å²) in [6.07, 6.45) is 4.92. The molecule has 0 spiro atoms. The van der Waals surface area contributed by atoms with Crippen LogP contribution >= 0.6 is 11.6 Å². The molecule has 2 aromatic carbocycles. The Morgan fingerprint density at radius 1 is 0.966 bits per heavy atom. The zero-order valence-corrected chi connectivity index (χ0v) is 16.8. The van der Waals surface area contributed by atoms with Crippen LogP contribution in [0.3, 0.4) is 0 Å². The van der Waals surface area contributed by atoms with Gasteiger partial charge >= 0.3 is 5.97 Å². The summed E-state index contributed by atoms with van der Waals surface area (Å²) in [5, 5.41) is 0.585. The van der Waals surface area contributed by atoms with Crippen LogP contribution in [-0.2, 0) is 4.74 Å². The fourth-order valence-electron chi connectivity index (χ4n) is 2.63. The number of allylic oxidation sites excluding steroid dienone is 1. The van der Waals surface area contributed by atoms with Gasteiger partial charge in [-0.2, -0.15) is 0 Å². The molecule has 0 fully saturated rings. The van der Waals surface area contributed by atoms with E-state index >= 15 is 0 Å². The zero-order chi connectivity index (χ0) is 20.6. The Hall–Kier alpha value is -3.11. The molecule has 0 saturated carbocycles. The number of hydrogen-bond acceptors (Lipinski definition) is 4. The van der Waals surface area contributed by atoms with Crippen LogP contribution in [0, 0.1) is 0 Å². The second kappa shape index (κ2) is 9.89. The van der Waals surface area contributed by atoms with E-state index in [0.717, 1.165) is 18.4 Å². The quantitative estimate of drug-likeness (QED) is 0.186. The first-order chi connectivity index (χ1) is 14.1. The molecule has 0 atom stereocenters. The van der Waals surface area contributed by atoms with Crippen molar-refractivity contribution in [3.63, 3.8) is 0 Å². The number of unbranched alkanes of at least 4 members (excludes halogenated alkanes) is 1. The highest BCUT2D eigenvalue weighted by molar-refractivity contribution is 6.30. The van der Waals surface area contributed by atoms with E-state index in [1.54, 1.807) is 48.5 Å². The molecule has 0 N–H and O–H groups in total. The van der Waals surface area contributed by atoms with E-state index in [0.29, 0.717) is 34.3 Å². The predicted molar refractivity (Wildman–Crippen MR) is 114 cm³/mol. The largest absolute Gasteiger partial charge is 0.462 e. The average Bonchev–Trinajstić information content (AvgIpc) is 3.22. The Morgan fingerprint density at radius 2 is 1.66 bits per heavy atom. The molecule has 5 heteroatoms. The lowest BCUT2D eigenvalue weighted by atomic mass is 10.1. The van der Waals surface area contributed by atoms with Gasteiger partial charge in [0.05, 0.1) is 12.2 Å². The van der Waals surface area contributed by atoms with E-state index in [2.05, 4.69) is 0 Å². The van der Waals surface area contributed by atoms with Gasteiger partial charge in [0, 0.05) is 16.1 Å². The van der Waals surface area contributed by atoms with Crippen molar-refractivity contribution in [3.05, 3.63) is 88.6 Å². The van der Waals surface area contributed by atoms with Crippen LogP contribution in [0.15, 0.2) is 71.2 Å². The van der Waals surface area contributed by atoms with Crippen molar-refractivity contribution in [2.45, 2.75) is 19.8 Å². The van der Waals surface area contributed by atoms with Gasteiger partial charge in [-0.3, -0.25) is 4.79 Å². The van der Waals surface area contributed by atoms with Gasteiger partial charge in [-0.15, -0.1) is 0 Å². The molecule has 0 aliphatic carbocycles. The fourth-order valence-corrected chi connectivity index (χ4v) is 2.75. The van der Waals surface area contributed by atoms with Crippen molar-refractivity contribution in [1.82, 2.24) is 0 Å². The van der Waals surface area contributed by atoms with Gasteiger partial charge in [0.25, 0.3) is 0 Å². The number of rotatable bonds is 8. The van der Waals surface area contributed by atoms with Crippen LogP contribution in [0.5, 0.6) is 0 Å². The molecule has 29 heavy (non-hydrogen) atoms. The lowest BCUT2D eigenvalue weighted by molar-refractivity contribution is 0.0499. The third kappa shape index (κ3) is 5.69. The Morgan fingerprint density at radius 3 is 2.34 bits per heavy atom. The molecule has 0 amide bonds. The minimum Gasteiger partial charge on any atom is -0.462 e. The maximum Gasteiger partial charge on any atom is 0.338 e. The molecule has 3 rings (SSSR count). The topological polar surface area (TPSA) is 56.5 Å². The molecule has 0 unspecified atom stereocenters. The first-order valence-electron chi connectivity index (χ1n) is 9.42. The molecule has 148 valence electrons. The molecule has 0 aliphatic rings. The second-order valence-electron chi connectivity index (χ2n) is 6.47. The predicted octanol–water partition coefficient (Wildman–Crippen LogP) is 6.45. The fraction of sp³-hybridized carbons (Fsp3) is 0.167.